The summed E-state index contributed by atoms with van der Waals surface area (Å²) in [5.41, 5.74) is 0.164. The molecule has 2 aromatic rings. The molecule has 29 heavy (non-hydrogen) atoms. The van der Waals surface area contributed by atoms with Crippen molar-refractivity contribution in [1.82, 2.24) is 9.88 Å². The molecule has 9 heteroatoms. The molecule has 0 saturated carbocycles. The molecule has 1 aliphatic carbocycles. The van der Waals surface area contributed by atoms with Gasteiger partial charge in [0.25, 0.3) is 0 Å². The lowest BCUT2D eigenvalue weighted by Crippen LogP contribution is -2.46. The minimum atomic E-state index is -1.00. The van der Waals surface area contributed by atoms with Crippen molar-refractivity contribution in [2.24, 2.45) is 11.8 Å². The van der Waals surface area contributed by atoms with Gasteiger partial charge < -0.3 is 5.32 Å². The zero-order valence-corrected chi connectivity index (χ0v) is 16.2. The van der Waals surface area contributed by atoms with Gasteiger partial charge in [0, 0.05) is 10.9 Å². The number of aromatic nitrogens is 1. The van der Waals surface area contributed by atoms with E-state index >= 15 is 0 Å². The third kappa shape index (κ3) is 3.46. The van der Waals surface area contributed by atoms with Crippen LogP contribution in [0.2, 0.25) is 0 Å². The van der Waals surface area contributed by atoms with Crippen LogP contribution in [0.15, 0.2) is 35.7 Å². The van der Waals surface area contributed by atoms with Crippen molar-refractivity contribution in [3.8, 4) is 11.3 Å². The van der Waals surface area contributed by atoms with E-state index in [1.165, 1.54) is 12.3 Å². The number of likely N-dealkylation sites (tertiary alicyclic amines) is 1. The van der Waals surface area contributed by atoms with E-state index in [4.69, 9.17) is 0 Å². The lowest BCUT2D eigenvalue weighted by atomic mass is 9.85. The molecule has 1 N–H and O–H groups in total. The van der Waals surface area contributed by atoms with Gasteiger partial charge in [-0.2, -0.15) is 0 Å². The maximum absolute atomic E-state index is 13.9. The molecule has 3 unspecified atom stereocenters. The Labute approximate surface area is 169 Å². The van der Waals surface area contributed by atoms with E-state index in [-0.39, 0.29) is 28.2 Å². The van der Waals surface area contributed by atoms with Crippen molar-refractivity contribution >= 4 is 34.2 Å². The highest BCUT2D eigenvalue weighted by atomic mass is 32.1. The molecule has 3 amide bonds. The maximum Gasteiger partial charge on any atom is 0.249 e. The molecule has 150 valence electrons. The first-order chi connectivity index (χ1) is 13.9. The normalized spacial score (nSPS) is 22.0. The Kier molecular flexibility index (Phi) is 4.99. The Morgan fingerprint density at radius 2 is 1.86 bits per heavy atom. The smallest absolute Gasteiger partial charge is 0.249 e. The molecule has 1 fully saturated rings. The molecular weight excluding hydrogens is 400 g/mol. The summed E-state index contributed by atoms with van der Waals surface area (Å²) < 4.78 is 27.3. The van der Waals surface area contributed by atoms with E-state index in [1.807, 2.05) is 12.2 Å². The van der Waals surface area contributed by atoms with Crippen LogP contribution in [0.25, 0.3) is 11.3 Å². The number of allylic oxidation sites excluding steroid dienone is 2. The van der Waals surface area contributed by atoms with E-state index < -0.39 is 35.4 Å². The number of thiazole rings is 1. The lowest BCUT2D eigenvalue weighted by molar-refractivity contribution is -0.146. The predicted octanol–water partition coefficient (Wildman–Crippen LogP) is 3.37. The first-order valence-electron chi connectivity index (χ1n) is 9.10. The van der Waals surface area contributed by atoms with Crippen LogP contribution in [0.4, 0.5) is 13.9 Å². The molecule has 4 rings (SSSR count). The molecule has 1 aromatic carbocycles. The second-order valence-corrected chi connectivity index (χ2v) is 7.89. The van der Waals surface area contributed by atoms with Gasteiger partial charge in [-0.3, -0.25) is 19.3 Å². The molecule has 0 radical (unpaired) electrons. The predicted molar refractivity (Wildman–Crippen MR) is 103 cm³/mol. The van der Waals surface area contributed by atoms with E-state index in [1.54, 1.807) is 0 Å². The number of halogens is 2. The number of benzene rings is 1. The molecule has 1 aliphatic heterocycles. The van der Waals surface area contributed by atoms with Crippen LogP contribution in [-0.2, 0) is 14.4 Å². The Morgan fingerprint density at radius 3 is 2.52 bits per heavy atom. The summed E-state index contributed by atoms with van der Waals surface area (Å²) in [5, 5.41) is 4.21. The summed E-state index contributed by atoms with van der Waals surface area (Å²) >= 11 is 1.04. The zero-order chi connectivity index (χ0) is 20.7. The fourth-order valence-electron chi connectivity index (χ4n) is 3.68. The van der Waals surface area contributed by atoms with E-state index in [0.717, 1.165) is 34.4 Å². The van der Waals surface area contributed by atoms with Gasteiger partial charge in [-0.15, -0.1) is 11.3 Å². The van der Waals surface area contributed by atoms with Gasteiger partial charge in [-0.1, -0.05) is 12.2 Å². The number of anilines is 1. The maximum atomic E-state index is 13.9. The highest BCUT2D eigenvalue weighted by Crippen LogP contribution is 2.36. The standard InChI is InChI=1S/C20H17F2N3O3S/c1-10(25-18(27)12-4-2-3-5-13(12)19(25)28)17(26)24-20-23-16(9-29-20)14-8-11(21)6-7-15(14)22/h2-3,6-10,12-13H,4-5H2,1H3,(H,23,24,26). The van der Waals surface area contributed by atoms with E-state index in [9.17, 15) is 23.2 Å². The molecule has 2 aliphatic rings. The fourth-order valence-corrected chi connectivity index (χ4v) is 4.40. The fraction of sp³-hybridized carbons (Fsp3) is 0.300. The van der Waals surface area contributed by atoms with Crippen LogP contribution < -0.4 is 5.32 Å². The van der Waals surface area contributed by atoms with Gasteiger partial charge in [0.15, 0.2) is 5.13 Å². The quantitative estimate of drug-likeness (QED) is 0.611. The minimum Gasteiger partial charge on any atom is -0.300 e. The molecule has 3 atom stereocenters. The number of carbonyl (C=O) groups is 3. The third-order valence-corrected chi connectivity index (χ3v) is 6.00. The Hall–Kier alpha value is -2.94. The summed E-state index contributed by atoms with van der Waals surface area (Å²) in [6, 6.07) is 2.03. The second-order valence-electron chi connectivity index (χ2n) is 7.03. The molecule has 0 spiro atoms. The minimum absolute atomic E-state index is 0.0173. The third-order valence-electron chi connectivity index (χ3n) is 5.25. The number of rotatable bonds is 4. The number of imide groups is 1. The average Bonchev–Trinajstić information content (AvgIpc) is 3.26. The first kappa shape index (κ1) is 19.4. The number of fused-ring (bicyclic) bond motifs is 1. The number of amides is 3. The number of nitrogens with zero attached hydrogens (tertiary/aromatic N) is 2. The molecule has 2 heterocycles. The van der Waals surface area contributed by atoms with E-state index in [2.05, 4.69) is 10.3 Å². The molecule has 0 bridgehead atoms. The topological polar surface area (TPSA) is 79.4 Å². The van der Waals surface area contributed by atoms with Gasteiger partial charge in [0.2, 0.25) is 17.7 Å². The van der Waals surface area contributed by atoms with Crippen LogP contribution >= 0.6 is 11.3 Å². The van der Waals surface area contributed by atoms with Gasteiger partial charge in [0.05, 0.1) is 17.5 Å². The molecular formula is C20H17F2N3O3S. The van der Waals surface area contributed by atoms with Crippen LogP contribution in [-0.4, -0.2) is 33.6 Å². The van der Waals surface area contributed by atoms with Crippen molar-refractivity contribution in [1.29, 1.82) is 0 Å². The van der Waals surface area contributed by atoms with Crippen LogP contribution in [0.3, 0.4) is 0 Å². The molecule has 1 saturated heterocycles. The van der Waals surface area contributed by atoms with Gasteiger partial charge in [-0.25, -0.2) is 13.8 Å². The van der Waals surface area contributed by atoms with Crippen LogP contribution in [0.5, 0.6) is 0 Å². The van der Waals surface area contributed by atoms with Crippen molar-refractivity contribution in [3.63, 3.8) is 0 Å². The SMILES string of the molecule is CC(C(=O)Nc1nc(-c2cc(F)ccc2F)cs1)N1C(=O)C2CC=CCC2C1=O. The van der Waals surface area contributed by atoms with Crippen molar-refractivity contribution in [3.05, 3.63) is 47.4 Å². The molecule has 6 nitrogen and oxygen atoms in total. The van der Waals surface area contributed by atoms with Gasteiger partial charge in [0.1, 0.15) is 17.7 Å². The number of hydrogen-bond acceptors (Lipinski definition) is 5. The lowest BCUT2D eigenvalue weighted by Gasteiger charge is -2.21. The van der Waals surface area contributed by atoms with Crippen molar-refractivity contribution < 1.29 is 23.2 Å². The van der Waals surface area contributed by atoms with Crippen LogP contribution in [0.1, 0.15) is 19.8 Å². The first-order valence-corrected chi connectivity index (χ1v) is 9.98. The summed E-state index contributed by atoms with van der Waals surface area (Å²) in [7, 11) is 0. The summed E-state index contributed by atoms with van der Waals surface area (Å²) in [5.74, 6) is -3.31. The summed E-state index contributed by atoms with van der Waals surface area (Å²) in [6.07, 6.45) is 4.75. The number of hydrogen-bond donors (Lipinski definition) is 1. The van der Waals surface area contributed by atoms with Crippen molar-refractivity contribution in [2.45, 2.75) is 25.8 Å². The second kappa shape index (κ2) is 7.47. The summed E-state index contributed by atoms with van der Waals surface area (Å²) in [4.78, 5) is 43.0. The van der Waals surface area contributed by atoms with Gasteiger partial charge in [-0.05, 0) is 38.0 Å². The zero-order valence-electron chi connectivity index (χ0n) is 15.4. The Morgan fingerprint density at radius 1 is 1.21 bits per heavy atom. The average molecular weight is 417 g/mol. The van der Waals surface area contributed by atoms with Gasteiger partial charge >= 0.3 is 0 Å². The van der Waals surface area contributed by atoms with Crippen LogP contribution in [0, 0.1) is 23.5 Å². The van der Waals surface area contributed by atoms with E-state index in [0.29, 0.717) is 12.8 Å². The molecule has 1 aromatic heterocycles. The largest absolute Gasteiger partial charge is 0.300 e. The number of carbonyl (C=O) groups excluding carboxylic acids is 3. The monoisotopic (exact) mass is 417 g/mol. The summed E-state index contributed by atoms with van der Waals surface area (Å²) in [6.45, 7) is 1.48. The number of nitrogens with one attached hydrogen (secondary N) is 1. The highest BCUT2D eigenvalue weighted by Gasteiger charge is 2.50. The van der Waals surface area contributed by atoms with Crippen molar-refractivity contribution in [2.75, 3.05) is 5.32 Å². The highest BCUT2D eigenvalue weighted by molar-refractivity contribution is 7.14. The Balaban J connectivity index is 1.49. The Bertz CT molecular complexity index is 1010.